The summed E-state index contributed by atoms with van der Waals surface area (Å²) in [7, 11) is 0. The van der Waals surface area contributed by atoms with Crippen LogP contribution in [0.2, 0.25) is 0 Å². The Bertz CT molecular complexity index is 966. The van der Waals surface area contributed by atoms with E-state index in [1.54, 1.807) is 18.2 Å². The third-order valence-corrected chi connectivity index (χ3v) is 5.77. The number of fused-ring (bicyclic) bond motifs is 1. The Balaban J connectivity index is 1.69. The lowest BCUT2D eigenvalue weighted by molar-refractivity contribution is -0.110. The monoisotopic (exact) mass is 522 g/mol. The minimum absolute atomic E-state index is 0.129. The summed E-state index contributed by atoms with van der Waals surface area (Å²) in [5, 5.41) is 24.1. The van der Waals surface area contributed by atoms with Crippen LogP contribution in [-0.2, 0) is 11.2 Å². The zero-order valence-electron chi connectivity index (χ0n) is 15.5. The number of aromatic hydroxyl groups is 1. The van der Waals surface area contributed by atoms with E-state index in [-0.39, 0.29) is 30.7 Å². The Labute approximate surface area is 185 Å². The molecule has 1 aliphatic rings. The van der Waals surface area contributed by atoms with Gasteiger partial charge in [0.1, 0.15) is 5.75 Å². The average Bonchev–Trinajstić information content (AvgIpc) is 3.01. The van der Waals surface area contributed by atoms with E-state index in [2.05, 4.69) is 42.5 Å². The molecule has 1 heterocycles. The molecule has 2 aromatic carbocycles. The topological polar surface area (TPSA) is 98.7 Å². The predicted molar refractivity (Wildman–Crippen MR) is 119 cm³/mol. The van der Waals surface area contributed by atoms with E-state index < -0.39 is 0 Å². The number of benzene rings is 2. The first-order valence-corrected chi connectivity index (χ1v) is 10.7. The first-order chi connectivity index (χ1) is 13.9. The van der Waals surface area contributed by atoms with E-state index in [0.717, 1.165) is 18.4 Å². The number of unbranched alkanes of at least 4 members (excludes halogenated alkanes) is 1. The first kappa shape index (κ1) is 21.5. The van der Waals surface area contributed by atoms with E-state index in [1.165, 1.54) is 0 Å². The quantitative estimate of drug-likeness (QED) is 0.325. The molecule has 0 saturated carbocycles. The molecule has 2 aromatic rings. The molecule has 0 saturated heterocycles. The van der Waals surface area contributed by atoms with Crippen LogP contribution in [0.4, 0.5) is 5.69 Å². The van der Waals surface area contributed by atoms with E-state index in [1.807, 2.05) is 18.2 Å². The predicted octanol–water partition coefficient (Wildman–Crippen LogP) is 4.00. The third-order valence-electron chi connectivity index (χ3n) is 4.56. The Morgan fingerprint density at radius 1 is 1.17 bits per heavy atom. The lowest BCUT2D eigenvalue weighted by Gasteiger charge is -2.06. The Hall–Kier alpha value is -2.16. The summed E-state index contributed by atoms with van der Waals surface area (Å²) in [6.45, 7) is 0.0509. The van der Waals surface area contributed by atoms with Crippen molar-refractivity contribution in [2.75, 3.05) is 18.5 Å². The number of phenolic OH excluding ortho intramolecular Hbond substituents is 1. The lowest BCUT2D eigenvalue weighted by Crippen LogP contribution is -2.26. The summed E-state index contributed by atoms with van der Waals surface area (Å²) in [4.78, 5) is 24.4. The number of hydrogen-bond acceptors (Lipinski definition) is 4. The lowest BCUT2D eigenvalue weighted by atomic mass is 10.0. The maximum absolute atomic E-state index is 12.3. The summed E-state index contributed by atoms with van der Waals surface area (Å²) in [5.41, 5.74) is 3.47. The van der Waals surface area contributed by atoms with Gasteiger partial charge in [0.2, 0.25) is 0 Å². The third kappa shape index (κ3) is 5.07. The fraction of sp³-hybridized carbons (Fsp3) is 0.238. The number of rotatable bonds is 7. The molecule has 8 heteroatoms. The van der Waals surface area contributed by atoms with Crippen LogP contribution in [-0.4, -0.2) is 35.2 Å². The van der Waals surface area contributed by atoms with E-state index in [9.17, 15) is 14.7 Å². The molecule has 0 radical (unpaired) electrons. The Kier molecular flexibility index (Phi) is 7.10. The largest absolute Gasteiger partial charge is 0.506 e. The number of aliphatic hydroxyl groups excluding tert-OH is 1. The van der Waals surface area contributed by atoms with Crippen LogP contribution in [0.3, 0.4) is 0 Å². The van der Waals surface area contributed by atoms with Gasteiger partial charge in [-0.2, -0.15) is 0 Å². The van der Waals surface area contributed by atoms with Crippen molar-refractivity contribution in [3.8, 4) is 5.75 Å². The molecule has 0 bridgehead atoms. The van der Waals surface area contributed by atoms with Gasteiger partial charge in [0.05, 0.1) is 15.6 Å². The number of nitrogens with one attached hydrogen (secondary N) is 2. The fourth-order valence-electron chi connectivity index (χ4n) is 3.12. The molecule has 0 fully saturated rings. The molecular formula is C21H20Br2N2O4. The number of aliphatic hydroxyl groups is 1. The minimum Gasteiger partial charge on any atom is -0.506 e. The highest BCUT2D eigenvalue weighted by atomic mass is 79.9. The normalized spacial score (nSPS) is 14.0. The molecule has 2 amide bonds. The molecule has 4 N–H and O–H groups in total. The van der Waals surface area contributed by atoms with Gasteiger partial charge in [0.25, 0.3) is 11.8 Å². The van der Waals surface area contributed by atoms with Crippen LogP contribution in [0.5, 0.6) is 5.75 Å². The van der Waals surface area contributed by atoms with Crippen molar-refractivity contribution in [1.29, 1.82) is 0 Å². The summed E-state index contributed by atoms with van der Waals surface area (Å²) < 4.78 is 1.27. The molecule has 0 unspecified atom stereocenters. The highest BCUT2D eigenvalue weighted by Crippen LogP contribution is 2.35. The Morgan fingerprint density at radius 2 is 1.90 bits per heavy atom. The van der Waals surface area contributed by atoms with E-state index in [4.69, 9.17) is 5.11 Å². The number of halogens is 2. The molecule has 152 valence electrons. The zero-order chi connectivity index (χ0) is 21.0. The van der Waals surface area contributed by atoms with Gasteiger partial charge >= 0.3 is 0 Å². The molecule has 29 heavy (non-hydrogen) atoms. The van der Waals surface area contributed by atoms with Crippen LogP contribution < -0.4 is 10.6 Å². The van der Waals surface area contributed by atoms with Crippen molar-refractivity contribution in [3.05, 3.63) is 62.0 Å². The second kappa shape index (κ2) is 9.56. The molecule has 0 spiro atoms. The van der Waals surface area contributed by atoms with Gasteiger partial charge < -0.3 is 20.8 Å². The molecular weight excluding hydrogens is 504 g/mol. The number of carbonyl (C=O) groups excluding carboxylic acids is 2. The van der Waals surface area contributed by atoms with Crippen molar-refractivity contribution in [2.24, 2.45) is 0 Å². The molecule has 1 aliphatic heterocycles. The number of anilines is 1. The van der Waals surface area contributed by atoms with Crippen LogP contribution in [0, 0.1) is 0 Å². The van der Waals surface area contributed by atoms with Crippen molar-refractivity contribution in [1.82, 2.24) is 5.32 Å². The van der Waals surface area contributed by atoms with Gasteiger partial charge in [-0.1, -0.05) is 6.08 Å². The Morgan fingerprint density at radius 3 is 2.59 bits per heavy atom. The van der Waals surface area contributed by atoms with Gasteiger partial charge in [0, 0.05) is 28.9 Å². The van der Waals surface area contributed by atoms with Gasteiger partial charge in [-0.25, -0.2) is 0 Å². The number of amides is 2. The van der Waals surface area contributed by atoms with Gasteiger partial charge in [-0.05, 0) is 87.0 Å². The summed E-state index contributed by atoms with van der Waals surface area (Å²) >= 11 is 6.66. The van der Waals surface area contributed by atoms with Gasteiger partial charge in [-0.3, -0.25) is 9.59 Å². The summed E-state index contributed by atoms with van der Waals surface area (Å²) in [5.74, 6) is -0.291. The maximum atomic E-state index is 12.3. The van der Waals surface area contributed by atoms with Crippen LogP contribution >= 0.6 is 31.9 Å². The number of hydrogen-bond donors (Lipinski definition) is 4. The van der Waals surface area contributed by atoms with Crippen LogP contribution in [0.1, 0.15) is 34.3 Å². The second-order valence-electron chi connectivity index (χ2n) is 6.61. The van der Waals surface area contributed by atoms with Gasteiger partial charge in [-0.15, -0.1) is 0 Å². The van der Waals surface area contributed by atoms with Crippen molar-refractivity contribution < 1.29 is 19.8 Å². The highest BCUT2D eigenvalue weighted by molar-refractivity contribution is 9.11. The van der Waals surface area contributed by atoms with E-state index in [0.29, 0.717) is 37.8 Å². The highest BCUT2D eigenvalue weighted by Gasteiger charge is 2.24. The van der Waals surface area contributed by atoms with Gasteiger partial charge in [0.15, 0.2) is 0 Å². The minimum atomic E-state index is -0.288. The van der Waals surface area contributed by atoms with Crippen LogP contribution in [0.25, 0.3) is 5.57 Å². The molecule has 6 nitrogen and oxygen atoms in total. The van der Waals surface area contributed by atoms with Crippen molar-refractivity contribution in [3.63, 3.8) is 0 Å². The molecule has 0 aromatic heterocycles. The van der Waals surface area contributed by atoms with Crippen LogP contribution in [0.15, 0.2) is 45.4 Å². The maximum Gasteiger partial charge on any atom is 0.256 e. The standard InChI is InChI=1S/C21H20Br2N2O4/c22-16-9-12(10-17(23)19(16)27)3-1-2-4-14-15-11-13(20(28)24-7-8-26)5-6-18(15)25-21(14)29/h4-6,9-11,26-27H,1-3,7-8H2,(H,24,28)(H,25,29)/b14-4-. The summed E-state index contributed by atoms with van der Waals surface area (Å²) in [6, 6.07) is 8.81. The molecule has 0 aliphatic carbocycles. The van der Waals surface area contributed by atoms with Crippen molar-refractivity contribution >= 4 is 54.9 Å². The smallest absolute Gasteiger partial charge is 0.256 e. The summed E-state index contributed by atoms with van der Waals surface area (Å²) in [6.07, 6.45) is 4.20. The fourth-order valence-corrected chi connectivity index (χ4v) is 4.40. The number of allylic oxidation sites excluding steroid dienone is 1. The molecule has 3 rings (SSSR count). The SMILES string of the molecule is O=C1Nc2ccc(C(=O)NCCO)cc2/C1=C/CCCc1cc(Br)c(O)c(Br)c1. The molecule has 0 atom stereocenters. The van der Waals surface area contributed by atoms with E-state index >= 15 is 0 Å². The first-order valence-electron chi connectivity index (χ1n) is 9.12. The number of carbonyl (C=O) groups is 2. The van der Waals surface area contributed by atoms with Crippen molar-refractivity contribution in [2.45, 2.75) is 19.3 Å². The second-order valence-corrected chi connectivity index (χ2v) is 8.32. The number of phenols is 1. The average molecular weight is 524 g/mol. The number of aryl methyl sites for hydroxylation is 1. The zero-order valence-corrected chi connectivity index (χ0v) is 18.6.